The Labute approximate surface area is 107 Å². The van der Waals surface area contributed by atoms with Crippen molar-refractivity contribution in [2.75, 3.05) is 5.73 Å². The molecule has 0 saturated carbocycles. The van der Waals surface area contributed by atoms with E-state index >= 15 is 0 Å². The van der Waals surface area contributed by atoms with Crippen LogP contribution in [0.25, 0.3) is 10.6 Å². The van der Waals surface area contributed by atoms with Crippen molar-refractivity contribution in [2.24, 2.45) is 0 Å². The predicted octanol–water partition coefficient (Wildman–Crippen LogP) is 3.93. The molecule has 2 N–H and O–H groups in total. The second-order valence-electron chi connectivity index (χ2n) is 3.80. The number of anilines is 1. The Morgan fingerprint density at radius 2 is 2.38 bits per heavy atom. The summed E-state index contributed by atoms with van der Waals surface area (Å²) in [6.45, 7) is 4.28. The maximum atomic E-state index is 5.98. The minimum Gasteiger partial charge on any atom is -0.396 e. The summed E-state index contributed by atoms with van der Waals surface area (Å²) in [6.07, 6.45) is 2.96. The normalized spacial score (nSPS) is 12.9. The zero-order chi connectivity index (χ0) is 11.7. The van der Waals surface area contributed by atoms with E-state index in [4.69, 9.17) is 5.73 Å². The van der Waals surface area contributed by atoms with Crippen LogP contribution < -0.4 is 5.73 Å². The molecular formula is C11H14BrN3S. The summed E-state index contributed by atoms with van der Waals surface area (Å²) in [5.74, 6) is 0. The molecule has 0 fully saturated rings. The fraction of sp³-hybridized carbons (Fsp3) is 0.364. The van der Waals surface area contributed by atoms with Crippen LogP contribution in [0.2, 0.25) is 0 Å². The molecule has 2 rings (SSSR count). The number of hydrogen-bond donors (Lipinski definition) is 1. The summed E-state index contributed by atoms with van der Waals surface area (Å²) >= 11 is 5.09. The van der Waals surface area contributed by atoms with Crippen LogP contribution in [0, 0.1) is 0 Å². The molecule has 86 valence electrons. The molecule has 0 aromatic carbocycles. The molecule has 0 amide bonds. The van der Waals surface area contributed by atoms with Crippen molar-refractivity contribution in [3.63, 3.8) is 0 Å². The summed E-state index contributed by atoms with van der Waals surface area (Å²) in [4.78, 5) is 1.10. The van der Waals surface area contributed by atoms with Gasteiger partial charge in [-0.05, 0) is 35.3 Å². The maximum Gasteiger partial charge on any atom is 0.125 e. The van der Waals surface area contributed by atoms with Crippen LogP contribution in [-0.2, 0) is 0 Å². The lowest BCUT2D eigenvalue weighted by atomic mass is 10.3. The molecule has 2 heterocycles. The summed E-state index contributed by atoms with van der Waals surface area (Å²) in [7, 11) is 0. The van der Waals surface area contributed by atoms with Gasteiger partial charge in [-0.15, -0.1) is 11.3 Å². The van der Waals surface area contributed by atoms with Crippen LogP contribution >= 0.6 is 27.3 Å². The Morgan fingerprint density at radius 3 is 2.94 bits per heavy atom. The molecule has 0 aliphatic rings. The SMILES string of the molecule is CCC(C)n1cc(N)c(-c2cc(Br)cs2)n1. The maximum absolute atomic E-state index is 5.98. The van der Waals surface area contributed by atoms with Crippen molar-refractivity contribution in [3.05, 3.63) is 22.1 Å². The number of nitrogens with two attached hydrogens (primary N) is 1. The first-order chi connectivity index (χ1) is 7.61. The highest BCUT2D eigenvalue weighted by atomic mass is 79.9. The monoisotopic (exact) mass is 299 g/mol. The minimum atomic E-state index is 0.388. The molecule has 1 atom stereocenters. The van der Waals surface area contributed by atoms with Crippen molar-refractivity contribution in [2.45, 2.75) is 26.3 Å². The Morgan fingerprint density at radius 1 is 1.62 bits per heavy atom. The van der Waals surface area contributed by atoms with Gasteiger partial charge >= 0.3 is 0 Å². The van der Waals surface area contributed by atoms with Crippen LogP contribution in [0.15, 0.2) is 22.1 Å². The third-order valence-corrected chi connectivity index (χ3v) is 4.30. The predicted molar refractivity (Wildman–Crippen MR) is 72.7 cm³/mol. The lowest BCUT2D eigenvalue weighted by Crippen LogP contribution is -2.03. The number of nitrogen functional groups attached to an aromatic ring is 1. The van der Waals surface area contributed by atoms with Crippen LogP contribution in [-0.4, -0.2) is 9.78 Å². The van der Waals surface area contributed by atoms with Crippen LogP contribution in [0.4, 0.5) is 5.69 Å². The van der Waals surface area contributed by atoms with E-state index < -0.39 is 0 Å². The van der Waals surface area contributed by atoms with Gasteiger partial charge in [0.05, 0.1) is 10.6 Å². The van der Waals surface area contributed by atoms with Gasteiger partial charge in [-0.2, -0.15) is 5.10 Å². The van der Waals surface area contributed by atoms with Gasteiger partial charge in [0, 0.05) is 22.1 Å². The molecule has 0 radical (unpaired) electrons. The summed E-state index contributed by atoms with van der Waals surface area (Å²) in [5, 5.41) is 6.58. The molecule has 0 bridgehead atoms. The third kappa shape index (κ3) is 2.15. The van der Waals surface area contributed by atoms with Crippen molar-refractivity contribution >= 4 is 33.0 Å². The second-order valence-corrected chi connectivity index (χ2v) is 5.63. The van der Waals surface area contributed by atoms with Crippen molar-refractivity contribution < 1.29 is 0 Å². The Hall–Kier alpha value is -0.810. The Kier molecular flexibility index (Phi) is 3.35. The fourth-order valence-electron chi connectivity index (χ4n) is 1.45. The van der Waals surface area contributed by atoms with Gasteiger partial charge in [-0.25, -0.2) is 0 Å². The average molecular weight is 300 g/mol. The number of nitrogens with zero attached hydrogens (tertiary/aromatic N) is 2. The minimum absolute atomic E-state index is 0.388. The van der Waals surface area contributed by atoms with Gasteiger partial charge in [-0.1, -0.05) is 6.92 Å². The zero-order valence-corrected chi connectivity index (χ0v) is 11.7. The van der Waals surface area contributed by atoms with Gasteiger partial charge in [-0.3, -0.25) is 4.68 Å². The van der Waals surface area contributed by atoms with E-state index in [9.17, 15) is 0 Å². The van der Waals surface area contributed by atoms with Crippen molar-refractivity contribution in [3.8, 4) is 10.6 Å². The first-order valence-corrected chi connectivity index (χ1v) is 6.88. The molecule has 0 saturated heterocycles. The number of aromatic nitrogens is 2. The largest absolute Gasteiger partial charge is 0.396 e. The molecule has 16 heavy (non-hydrogen) atoms. The highest BCUT2D eigenvalue weighted by molar-refractivity contribution is 9.10. The molecule has 0 aliphatic heterocycles. The summed E-state index contributed by atoms with van der Waals surface area (Å²) in [5.41, 5.74) is 7.61. The summed E-state index contributed by atoms with van der Waals surface area (Å²) in [6, 6.07) is 2.43. The molecule has 0 spiro atoms. The van der Waals surface area contributed by atoms with E-state index in [1.54, 1.807) is 11.3 Å². The van der Waals surface area contributed by atoms with E-state index in [0.29, 0.717) is 6.04 Å². The van der Waals surface area contributed by atoms with Gasteiger partial charge in [0.1, 0.15) is 5.69 Å². The van der Waals surface area contributed by atoms with E-state index in [2.05, 4.69) is 34.9 Å². The van der Waals surface area contributed by atoms with E-state index in [0.717, 1.165) is 27.2 Å². The highest BCUT2D eigenvalue weighted by Gasteiger charge is 2.12. The average Bonchev–Trinajstić information content (AvgIpc) is 2.83. The molecule has 1 unspecified atom stereocenters. The number of halogens is 1. The van der Waals surface area contributed by atoms with Gasteiger partial charge in [0.25, 0.3) is 0 Å². The van der Waals surface area contributed by atoms with Gasteiger partial charge in [0.15, 0.2) is 0 Å². The number of hydrogen-bond acceptors (Lipinski definition) is 3. The zero-order valence-electron chi connectivity index (χ0n) is 9.27. The second kappa shape index (κ2) is 4.59. The van der Waals surface area contributed by atoms with Crippen LogP contribution in [0.5, 0.6) is 0 Å². The van der Waals surface area contributed by atoms with E-state index in [1.165, 1.54) is 0 Å². The molecule has 2 aromatic rings. The van der Waals surface area contributed by atoms with Gasteiger partial charge in [0.2, 0.25) is 0 Å². The van der Waals surface area contributed by atoms with Crippen molar-refractivity contribution in [1.29, 1.82) is 0 Å². The van der Waals surface area contributed by atoms with Gasteiger partial charge < -0.3 is 5.73 Å². The standard InChI is InChI=1S/C11H14BrN3S/c1-3-7(2)15-5-9(13)11(14-15)10-4-8(12)6-16-10/h4-7H,3,13H2,1-2H3. The lowest BCUT2D eigenvalue weighted by Gasteiger charge is -2.07. The molecule has 0 aliphatic carbocycles. The first-order valence-electron chi connectivity index (χ1n) is 5.20. The molecule has 3 nitrogen and oxygen atoms in total. The highest BCUT2D eigenvalue weighted by Crippen LogP contribution is 2.32. The topological polar surface area (TPSA) is 43.8 Å². The molecular weight excluding hydrogens is 286 g/mol. The van der Waals surface area contributed by atoms with Crippen LogP contribution in [0.1, 0.15) is 26.3 Å². The quantitative estimate of drug-likeness (QED) is 0.933. The summed E-state index contributed by atoms with van der Waals surface area (Å²) < 4.78 is 3.02. The molecule has 5 heteroatoms. The Bertz CT molecular complexity index is 489. The first kappa shape index (κ1) is 11.7. The number of rotatable bonds is 3. The fourth-order valence-corrected chi connectivity index (χ4v) is 2.88. The van der Waals surface area contributed by atoms with Crippen LogP contribution in [0.3, 0.4) is 0 Å². The lowest BCUT2D eigenvalue weighted by molar-refractivity contribution is 0.479. The van der Waals surface area contributed by atoms with Crippen molar-refractivity contribution in [1.82, 2.24) is 9.78 Å². The number of thiophene rings is 1. The third-order valence-electron chi connectivity index (χ3n) is 2.60. The Balaban J connectivity index is 2.39. The smallest absolute Gasteiger partial charge is 0.125 e. The molecule has 2 aromatic heterocycles. The van der Waals surface area contributed by atoms with E-state index in [-0.39, 0.29) is 0 Å². The van der Waals surface area contributed by atoms with E-state index in [1.807, 2.05) is 22.3 Å².